The average Bonchev–Trinajstić information content (AvgIpc) is 2.75. The average molecular weight is 294 g/mol. The highest BCUT2D eigenvalue weighted by Crippen LogP contribution is 2.33. The molecule has 0 aromatic heterocycles. The molecule has 0 heterocycles. The van der Waals surface area contributed by atoms with Crippen LogP contribution < -0.4 is 15.8 Å². The number of thioether (sulfide) groups is 1. The van der Waals surface area contributed by atoms with Crippen LogP contribution in [0.25, 0.3) is 0 Å². The molecule has 1 aromatic carbocycles. The second kappa shape index (κ2) is 7.11. The summed E-state index contributed by atoms with van der Waals surface area (Å²) in [5, 5.41) is 4.37. The van der Waals surface area contributed by atoms with Gasteiger partial charge in [-0.05, 0) is 38.5 Å². The lowest BCUT2D eigenvalue weighted by Crippen LogP contribution is -2.26. The number of ether oxygens (including phenoxy) is 1. The fourth-order valence-corrected chi connectivity index (χ4v) is 3.96. The van der Waals surface area contributed by atoms with Gasteiger partial charge in [-0.25, -0.2) is 0 Å². The van der Waals surface area contributed by atoms with Crippen molar-refractivity contribution < 1.29 is 4.74 Å². The van der Waals surface area contributed by atoms with Crippen molar-refractivity contribution in [2.24, 2.45) is 0 Å². The number of nitrogen functional groups attached to an aromatic ring is 1. The van der Waals surface area contributed by atoms with Crippen LogP contribution in [0.5, 0.6) is 5.75 Å². The van der Waals surface area contributed by atoms with E-state index >= 15 is 0 Å². The van der Waals surface area contributed by atoms with Gasteiger partial charge in [0.05, 0.1) is 6.10 Å². The molecule has 2 atom stereocenters. The molecule has 0 aliphatic heterocycles. The minimum Gasteiger partial charge on any atom is -0.491 e. The van der Waals surface area contributed by atoms with Gasteiger partial charge in [-0.2, -0.15) is 11.8 Å². The first-order valence-electron chi connectivity index (χ1n) is 7.54. The predicted molar refractivity (Wildman–Crippen MR) is 89.8 cm³/mol. The van der Waals surface area contributed by atoms with E-state index in [1.807, 2.05) is 26.0 Å². The van der Waals surface area contributed by atoms with E-state index in [1.165, 1.54) is 25.0 Å². The molecule has 112 valence electrons. The van der Waals surface area contributed by atoms with Gasteiger partial charge in [0.25, 0.3) is 0 Å². The molecule has 1 aliphatic carbocycles. The maximum Gasteiger partial charge on any atom is 0.123 e. The Morgan fingerprint density at radius 3 is 2.85 bits per heavy atom. The van der Waals surface area contributed by atoms with Gasteiger partial charge in [-0.15, -0.1) is 0 Å². The summed E-state index contributed by atoms with van der Waals surface area (Å²) in [6.07, 6.45) is 4.03. The van der Waals surface area contributed by atoms with Crippen molar-refractivity contribution in [2.45, 2.75) is 57.4 Å². The summed E-state index contributed by atoms with van der Waals surface area (Å²) in [7, 11) is 0. The van der Waals surface area contributed by atoms with Crippen molar-refractivity contribution in [1.29, 1.82) is 0 Å². The van der Waals surface area contributed by atoms with E-state index in [2.05, 4.69) is 30.1 Å². The zero-order chi connectivity index (χ0) is 14.5. The Morgan fingerprint density at radius 1 is 1.35 bits per heavy atom. The quantitative estimate of drug-likeness (QED) is 0.774. The zero-order valence-electron chi connectivity index (χ0n) is 12.7. The summed E-state index contributed by atoms with van der Waals surface area (Å²) in [6.45, 7) is 6.29. The van der Waals surface area contributed by atoms with E-state index in [4.69, 9.17) is 10.5 Å². The Morgan fingerprint density at radius 2 is 2.15 bits per heavy atom. The van der Waals surface area contributed by atoms with Crippen LogP contribution in [0.15, 0.2) is 18.2 Å². The second-order valence-electron chi connectivity index (χ2n) is 5.63. The summed E-state index contributed by atoms with van der Waals surface area (Å²) >= 11 is 2.06. The Hall–Kier alpha value is -1.03. The fourth-order valence-electron chi connectivity index (χ4n) is 2.76. The standard InChI is InChI=1S/C16H26N2OS/c1-4-20-16-7-5-6-15(16)18-13-8-12(17)9-14(10-13)19-11(2)3/h8-11,15-16,18H,4-7,17H2,1-3H3. The van der Waals surface area contributed by atoms with Gasteiger partial charge >= 0.3 is 0 Å². The number of benzene rings is 1. The third-order valence-corrected chi connectivity index (χ3v) is 4.81. The lowest BCUT2D eigenvalue weighted by atomic mass is 10.2. The molecule has 20 heavy (non-hydrogen) atoms. The Bertz CT molecular complexity index is 436. The summed E-state index contributed by atoms with van der Waals surface area (Å²) in [5.74, 6) is 2.03. The number of nitrogens with one attached hydrogen (secondary N) is 1. The maximum atomic E-state index is 5.98. The first-order valence-corrected chi connectivity index (χ1v) is 8.58. The van der Waals surface area contributed by atoms with Gasteiger partial charge in [-0.3, -0.25) is 0 Å². The summed E-state index contributed by atoms with van der Waals surface area (Å²) in [4.78, 5) is 0. The monoisotopic (exact) mass is 294 g/mol. The van der Waals surface area contributed by atoms with E-state index in [0.29, 0.717) is 6.04 Å². The van der Waals surface area contributed by atoms with E-state index in [0.717, 1.165) is 22.4 Å². The summed E-state index contributed by atoms with van der Waals surface area (Å²) in [6, 6.07) is 6.49. The molecular formula is C16H26N2OS. The van der Waals surface area contributed by atoms with Crippen molar-refractivity contribution in [3.63, 3.8) is 0 Å². The first-order chi connectivity index (χ1) is 9.58. The summed E-state index contributed by atoms with van der Waals surface area (Å²) in [5.41, 5.74) is 7.81. The van der Waals surface area contributed by atoms with Crippen LogP contribution in [0.1, 0.15) is 40.0 Å². The Balaban J connectivity index is 2.06. The third kappa shape index (κ3) is 4.23. The molecule has 0 radical (unpaired) electrons. The number of hydrogen-bond donors (Lipinski definition) is 2. The van der Waals surface area contributed by atoms with Gasteiger partial charge in [0.15, 0.2) is 0 Å². The molecule has 0 spiro atoms. The van der Waals surface area contributed by atoms with E-state index in [-0.39, 0.29) is 6.10 Å². The van der Waals surface area contributed by atoms with Gasteiger partial charge < -0.3 is 15.8 Å². The van der Waals surface area contributed by atoms with Crippen molar-refractivity contribution in [3.8, 4) is 5.75 Å². The highest BCUT2D eigenvalue weighted by molar-refractivity contribution is 7.99. The molecule has 0 saturated heterocycles. The van der Waals surface area contributed by atoms with Crippen molar-refractivity contribution in [3.05, 3.63) is 18.2 Å². The normalized spacial score (nSPS) is 22.2. The minimum absolute atomic E-state index is 0.166. The largest absolute Gasteiger partial charge is 0.491 e. The molecule has 2 rings (SSSR count). The van der Waals surface area contributed by atoms with Crippen LogP contribution in [0.3, 0.4) is 0 Å². The molecule has 0 amide bonds. The zero-order valence-corrected chi connectivity index (χ0v) is 13.5. The van der Waals surface area contributed by atoms with E-state index < -0.39 is 0 Å². The van der Waals surface area contributed by atoms with Crippen LogP contribution in [0, 0.1) is 0 Å². The lowest BCUT2D eigenvalue weighted by Gasteiger charge is -2.22. The Labute approximate surface area is 126 Å². The molecule has 2 unspecified atom stereocenters. The molecule has 1 aliphatic rings. The van der Waals surface area contributed by atoms with Gasteiger partial charge in [-0.1, -0.05) is 13.3 Å². The highest BCUT2D eigenvalue weighted by Gasteiger charge is 2.27. The number of hydrogen-bond acceptors (Lipinski definition) is 4. The van der Waals surface area contributed by atoms with E-state index in [9.17, 15) is 0 Å². The maximum absolute atomic E-state index is 5.98. The SMILES string of the molecule is CCSC1CCCC1Nc1cc(N)cc(OC(C)C)c1. The molecule has 0 bridgehead atoms. The first kappa shape index (κ1) is 15.4. The molecule has 3 nitrogen and oxygen atoms in total. The molecule has 4 heteroatoms. The molecular weight excluding hydrogens is 268 g/mol. The fraction of sp³-hybridized carbons (Fsp3) is 0.625. The second-order valence-corrected chi connectivity index (χ2v) is 7.15. The van der Waals surface area contributed by atoms with Crippen molar-refractivity contribution >= 4 is 23.1 Å². The molecule has 1 saturated carbocycles. The number of anilines is 2. The topological polar surface area (TPSA) is 47.3 Å². The van der Waals surface area contributed by atoms with Crippen LogP contribution in [0.2, 0.25) is 0 Å². The van der Waals surface area contributed by atoms with Crippen LogP contribution in [-0.4, -0.2) is 23.1 Å². The number of nitrogens with two attached hydrogens (primary N) is 1. The lowest BCUT2D eigenvalue weighted by molar-refractivity contribution is 0.242. The smallest absolute Gasteiger partial charge is 0.123 e. The predicted octanol–water partition coefficient (Wildman–Crippen LogP) is 4.14. The van der Waals surface area contributed by atoms with Crippen molar-refractivity contribution in [1.82, 2.24) is 0 Å². The van der Waals surface area contributed by atoms with Gasteiger partial charge in [0.2, 0.25) is 0 Å². The number of rotatable bonds is 6. The van der Waals surface area contributed by atoms with Crippen LogP contribution in [0.4, 0.5) is 11.4 Å². The molecule has 1 aromatic rings. The highest BCUT2D eigenvalue weighted by atomic mass is 32.2. The molecule has 1 fully saturated rings. The third-order valence-electron chi connectivity index (χ3n) is 3.49. The van der Waals surface area contributed by atoms with Crippen molar-refractivity contribution in [2.75, 3.05) is 16.8 Å². The van der Waals surface area contributed by atoms with Crippen LogP contribution in [-0.2, 0) is 0 Å². The summed E-state index contributed by atoms with van der Waals surface area (Å²) < 4.78 is 5.75. The van der Waals surface area contributed by atoms with Crippen LogP contribution >= 0.6 is 11.8 Å². The Kier molecular flexibility index (Phi) is 5.46. The van der Waals surface area contributed by atoms with E-state index in [1.54, 1.807) is 0 Å². The van der Waals surface area contributed by atoms with Gasteiger partial charge in [0, 0.05) is 34.8 Å². The molecule has 3 N–H and O–H groups in total. The van der Waals surface area contributed by atoms with Gasteiger partial charge in [0.1, 0.15) is 5.75 Å². The minimum atomic E-state index is 0.166.